The van der Waals surface area contributed by atoms with Gasteiger partial charge < -0.3 is 4.74 Å². The highest BCUT2D eigenvalue weighted by Crippen LogP contribution is 2.52. The van der Waals surface area contributed by atoms with Gasteiger partial charge in [0.2, 0.25) is 0 Å². The van der Waals surface area contributed by atoms with E-state index in [-0.39, 0.29) is 41.2 Å². The highest BCUT2D eigenvalue weighted by atomic mass is 16.6. The summed E-state index contributed by atoms with van der Waals surface area (Å²) in [5, 5.41) is 15.8. The molecule has 2 amide bonds. The SMILES string of the molecule is COc1ccc([N+](=O)[O-])cc1C=NN1C(=O)C2C3C=CC(C3)C2C1=O. The lowest BCUT2D eigenvalue weighted by Crippen LogP contribution is -2.28. The van der Waals surface area contributed by atoms with E-state index in [0.29, 0.717) is 11.3 Å². The number of methoxy groups -OCH3 is 1. The molecular weight excluding hydrogens is 326 g/mol. The number of nitrogens with zero attached hydrogens (tertiary/aromatic N) is 3. The number of allylic oxidation sites excluding steroid dienone is 2. The van der Waals surface area contributed by atoms with Crippen molar-refractivity contribution in [2.75, 3.05) is 7.11 Å². The number of carbonyl (C=O) groups is 2. The summed E-state index contributed by atoms with van der Waals surface area (Å²) >= 11 is 0. The maximum Gasteiger partial charge on any atom is 0.270 e. The number of hydrogen-bond acceptors (Lipinski definition) is 6. The zero-order valence-electron chi connectivity index (χ0n) is 13.4. The van der Waals surface area contributed by atoms with Crippen LogP contribution in [0.5, 0.6) is 5.75 Å². The van der Waals surface area contributed by atoms with E-state index in [0.717, 1.165) is 11.4 Å². The third-order valence-corrected chi connectivity index (χ3v) is 5.18. The van der Waals surface area contributed by atoms with Gasteiger partial charge >= 0.3 is 0 Å². The molecule has 128 valence electrons. The topological polar surface area (TPSA) is 102 Å². The van der Waals surface area contributed by atoms with Gasteiger partial charge in [0.05, 0.1) is 30.1 Å². The van der Waals surface area contributed by atoms with E-state index >= 15 is 0 Å². The minimum atomic E-state index is -0.531. The Morgan fingerprint density at radius 1 is 1.24 bits per heavy atom. The van der Waals surface area contributed by atoms with Crippen LogP contribution in [0, 0.1) is 33.8 Å². The molecule has 4 atom stereocenters. The van der Waals surface area contributed by atoms with Crippen LogP contribution in [0.3, 0.4) is 0 Å². The summed E-state index contributed by atoms with van der Waals surface area (Å²) in [6.45, 7) is 0. The Bertz CT molecular complexity index is 817. The molecule has 4 rings (SSSR count). The first-order valence-electron chi connectivity index (χ1n) is 7.94. The second-order valence-corrected chi connectivity index (χ2v) is 6.42. The maximum atomic E-state index is 12.6. The molecule has 2 fully saturated rings. The largest absolute Gasteiger partial charge is 0.496 e. The lowest BCUT2D eigenvalue weighted by molar-refractivity contribution is -0.384. The summed E-state index contributed by atoms with van der Waals surface area (Å²) in [5.74, 6) is -0.660. The van der Waals surface area contributed by atoms with E-state index in [2.05, 4.69) is 5.10 Å². The van der Waals surface area contributed by atoms with Crippen LogP contribution in [0.25, 0.3) is 0 Å². The molecule has 0 N–H and O–H groups in total. The first-order chi connectivity index (χ1) is 12.0. The Morgan fingerprint density at radius 3 is 2.44 bits per heavy atom. The molecule has 1 aromatic rings. The zero-order chi connectivity index (χ0) is 17.7. The van der Waals surface area contributed by atoms with Crippen LogP contribution < -0.4 is 4.74 Å². The smallest absolute Gasteiger partial charge is 0.270 e. The van der Waals surface area contributed by atoms with E-state index in [1.54, 1.807) is 0 Å². The number of benzene rings is 1. The Labute approximate surface area is 142 Å². The van der Waals surface area contributed by atoms with Crippen molar-refractivity contribution >= 4 is 23.7 Å². The summed E-state index contributed by atoms with van der Waals surface area (Å²) in [4.78, 5) is 35.5. The molecular formula is C17H15N3O5. The van der Waals surface area contributed by atoms with Crippen molar-refractivity contribution in [1.82, 2.24) is 5.01 Å². The summed E-state index contributed by atoms with van der Waals surface area (Å²) < 4.78 is 5.16. The second kappa shape index (κ2) is 5.51. The van der Waals surface area contributed by atoms with Crippen LogP contribution in [0.4, 0.5) is 5.69 Å². The van der Waals surface area contributed by atoms with Crippen LogP contribution >= 0.6 is 0 Å². The number of hydrazone groups is 1. The fourth-order valence-electron chi connectivity index (χ4n) is 4.06. The van der Waals surface area contributed by atoms with Gasteiger partial charge in [0.1, 0.15) is 5.75 Å². The van der Waals surface area contributed by atoms with Gasteiger partial charge in [-0.3, -0.25) is 19.7 Å². The third kappa shape index (κ3) is 2.25. The van der Waals surface area contributed by atoms with Crippen molar-refractivity contribution in [3.05, 3.63) is 46.0 Å². The van der Waals surface area contributed by atoms with Crippen LogP contribution in [-0.2, 0) is 9.59 Å². The number of nitro groups is 1. The molecule has 1 aromatic carbocycles. The minimum Gasteiger partial charge on any atom is -0.496 e. The summed E-state index contributed by atoms with van der Waals surface area (Å²) in [6, 6.07) is 4.06. The van der Waals surface area contributed by atoms with Gasteiger partial charge in [0.15, 0.2) is 0 Å². The van der Waals surface area contributed by atoms with Crippen molar-refractivity contribution in [2.45, 2.75) is 6.42 Å². The number of non-ortho nitro benzene ring substituents is 1. The second-order valence-electron chi connectivity index (χ2n) is 6.42. The number of fused-ring (bicyclic) bond motifs is 5. The molecule has 1 aliphatic heterocycles. The molecule has 1 saturated heterocycles. The van der Waals surface area contributed by atoms with Gasteiger partial charge in [-0.25, -0.2) is 0 Å². The van der Waals surface area contributed by atoms with Crippen LogP contribution in [0.15, 0.2) is 35.5 Å². The number of amides is 2. The van der Waals surface area contributed by atoms with Gasteiger partial charge in [0, 0.05) is 17.7 Å². The number of hydrogen-bond donors (Lipinski definition) is 0. The number of carbonyl (C=O) groups excluding carboxylic acids is 2. The number of rotatable bonds is 4. The predicted molar refractivity (Wildman–Crippen MR) is 86.8 cm³/mol. The standard InChI is InChI=1S/C17H15N3O5/c1-25-13-5-4-12(20(23)24)7-11(13)8-18-19-16(21)14-9-2-3-10(6-9)15(14)17(19)22/h2-5,7-10,14-15H,6H2,1H3. The Balaban J connectivity index is 1.63. The highest BCUT2D eigenvalue weighted by Gasteiger charge is 2.59. The van der Waals surface area contributed by atoms with Crippen LogP contribution in [0.1, 0.15) is 12.0 Å². The van der Waals surface area contributed by atoms with Crippen molar-refractivity contribution in [3.63, 3.8) is 0 Å². The van der Waals surface area contributed by atoms with Crippen LogP contribution in [0.2, 0.25) is 0 Å². The van der Waals surface area contributed by atoms with E-state index < -0.39 is 4.92 Å². The number of nitro benzene ring substituents is 1. The first-order valence-corrected chi connectivity index (χ1v) is 7.94. The van der Waals surface area contributed by atoms with E-state index in [1.807, 2.05) is 12.2 Å². The van der Waals surface area contributed by atoms with Crippen molar-refractivity contribution in [1.29, 1.82) is 0 Å². The molecule has 0 aromatic heterocycles. The molecule has 8 heteroatoms. The van der Waals surface area contributed by atoms with Gasteiger partial charge in [-0.15, -0.1) is 0 Å². The average Bonchev–Trinajstić information content (AvgIpc) is 3.27. The molecule has 1 saturated carbocycles. The molecule has 4 unspecified atom stereocenters. The Kier molecular flexibility index (Phi) is 3.41. The summed E-state index contributed by atoms with van der Waals surface area (Å²) in [6.07, 6.45) is 6.13. The lowest BCUT2D eigenvalue weighted by Gasteiger charge is -2.13. The number of ether oxygens (including phenoxy) is 1. The average molecular weight is 341 g/mol. The summed E-state index contributed by atoms with van der Waals surface area (Å²) in [5.41, 5.74) is 0.205. The minimum absolute atomic E-state index is 0.110. The van der Waals surface area contributed by atoms with Gasteiger partial charge in [-0.1, -0.05) is 12.2 Å². The number of imide groups is 1. The quantitative estimate of drug-likeness (QED) is 0.273. The fourth-order valence-corrected chi connectivity index (χ4v) is 4.06. The fraction of sp³-hybridized carbons (Fsp3) is 0.353. The molecule has 25 heavy (non-hydrogen) atoms. The maximum absolute atomic E-state index is 12.6. The highest BCUT2D eigenvalue weighted by molar-refractivity contribution is 6.06. The molecule has 0 radical (unpaired) electrons. The van der Waals surface area contributed by atoms with Crippen molar-refractivity contribution in [2.24, 2.45) is 28.8 Å². The molecule has 0 spiro atoms. The lowest BCUT2D eigenvalue weighted by atomic mass is 9.85. The molecule has 1 heterocycles. The van der Waals surface area contributed by atoms with Gasteiger partial charge in [-0.2, -0.15) is 10.1 Å². The zero-order valence-corrected chi connectivity index (χ0v) is 13.4. The molecule has 3 aliphatic rings. The first kappa shape index (κ1) is 15.5. The van der Waals surface area contributed by atoms with Crippen molar-refractivity contribution < 1.29 is 19.2 Å². The van der Waals surface area contributed by atoms with E-state index in [1.165, 1.54) is 31.5 Å². The Morgan fingerprint density at radius 2 is 1.88 bits per heavy atom. The van der Waals surface area contributed by atoms with Gasteiger partial charge in [0.25, 0.3) is 17.5 Å². The van der Waals surface area contributed by atoms with E-state index in [9.17, 15) is 19.7 Å². The van der Waals surface area contributed by atoms with E-state index in [4.69, 9.17) is 4.74 Å². The summed E-state index contributed by atoms with van der Waals surface area (Å²) in [7, 11) is 1.43. The monoisotopic (exact) mass is 341 g/mol. The van der Waals surface area contributed by atoms with Crippen LogP contribution in [-0.4, -0.2) is 35.1 Å². The molecule has 8 nitrogen and oxygen atoms in total. The molecule has 2 aliphatic carbocycles. The molecule has 2 bridgehead atoms. The van der Waals surface area contributed by atoms with Gasteiger partial charge in [-0.05, 0) is 24.3 Å². The Hall–Kier alpha value is -3.03. The van der Waals surface area contributed by atoms with Crippen molar-refractivity contribution in [3.8, 4) is 5.75 Å². The normalized spacial score (nSPS) is 29.7. The third-order valence-electron chi connectivity index (χ3n) is 5.18. The predicted octanol–water partition coefficient (Wildman–Crippen LogP) is 1.74.